The molecule has 0 bridgehead atoms. The van der Waals surface area contributed by atoms with Crippen LogP contribution in [0.3, 0.4) is 0 Å². The van der Waals surface area contributed by atoms with Gasteiger partial charge < -0.3 is 10.4 Å². The van der Waals surface area contributed by atoms with Crippen molar-refractivity contribution in [2.45, 2.75) is 31.5 Å². The van der Waals surface area contributed by atoms with Crippen molar-refractivity contribution < 1.29 is 31.2 Å². The van der Waals surface area contributed by atoms with E-state index in [2.05, 4.69) is 5.32 Å². The van der Waals surface area contributed by atoms with Gasteiger partial charge in [-0.25, -0.2) is 12.7 Å². The number of hydrogen-bond acceptors (Lipinski definition) is 7. The summed E-state index contributed by atoms with van der Waals surface area (Å²) in [5, 5.41) is 13.3. The summed E-state index contributed by atoms with van der Waals surface area (Å²) in [4.78, 5) is 12.0. The topological polar surface area (TPSA) is 136 Å². The molecular formula is C15H21FN4O6S2. The number of piperidine rings is 1. The molecule has 2 atom stereocenters. The van der Waals surface area contributed by atoms with Crippen molar-refractivity contribution in [3.63, 3.8) is 0 Å². The van der Waals surface area contributed by atoms with Crippen LogP contribution in [0, 0.1) is 0 Å². The molecule has 2 heterocycles. The van der Waals surface area contributed by atoms with Gasteiger partial charge in [0, 0.05) is 31.2 Å². The van der Waals surface area contributed by atoms with Crippen LogP contribution in [-0.2, 0) is 31.6 Å². The molecule has 0 aliphatic carbocycles. The summed E-state index contributed by atoms with van der Waals surface area (Å²) in [5.74, 6) is -1.69. The monoisotopic (exact) mass is 436 g/mol. The number of aromatic hydroxyl groups is 1. The third-order valence-corrected chi connectivity index (χ3v) is 7.20. The first-order valence-corrected chi connectivity index (χ1v) is 11.8. The van der Waals surface area contributed by atoms with Gasteiger partial charge in [0.25, 0.3) is 5.91 Å². The van der Waals surface area contributed by atoms with Crippen LogP contribution in [0.2, 0.25) is 0 Å². The molecule has 10 nitrogen and oxygen atoms in total. The zero-order valence-corrected chi connectivity index (χ0v) is 16.6. The highest BCUT2D eigenvalue weighted by molar-refractivity contribution is 7.88. The fourth-order valence-electron chi connectivity index (χ4n) is 3.40. The van der Waals surface area contributed by atoms with Crippen LogP contribution in [0.15, 0.2) is 18.2 Å². The van der Waals surface area contributed by atoms with Gasteiger partial charge in [0.05, 0.1) is 6.26 Å². The summed E-state index contributed by atoms with van der Waals surface area (Å²) in [6, 6.07) is 2.62. The lowest BCUT2D eigenvalue weighted by Gasteiger charge is -2.31. The number of nitrogens with one attached hydrogen (secondary N) is 2. The summed E-state index contributed by atoms with van der Waals surface area (Å²) in [5.41, 5.74) is 0.354. The Morgan fingerprint density at radius 3 is 2.71 bits per heavy atom. The minimum Gasteiger partial charge on any atom is -0.508 e. The Hall–Kier alpha value is -1.80. The van der Waals surface area contributed by atoms with Crippen molar-refractivity contribution in [1.29, 1.82) is 0 Å². The minimum atomic E-state index is -4.60. The highest BCUT2D eigenvalue weighted by atomic mass is 32.2. The lowest BCUT2D eigenvalue weighted by Crippen LogP contribution is -2.47. The molecular weight excluding hydrogens is 415 g/mol. The number of rotatable bonds is 5. The predicted octanol–water partition coefficient (Wildman–Crippen LogP) is -0.492. The van der Waals surface area contributed by atoms with Gasteiger partial charge in [-0.05, 0) is 24.5 Å². The van der Waals surface area contributed by atoms with Gasteiger partial charge in [-0.15, -0.1) is 0 Å². The van der Waals surface area contributed by atoms with E-state index in [-0.39, 0.29) is 30.4 Å². The zero-order valence-electron chi connectivity index (χ0n) is 15.0. The smallest absolute Gasteiger partial charge is 0.332 e. The predicted molar refractivity (Wildman–Crippen MR) is 97.1 cm³/mol. The molecule has 3 N–H and O–H groups in total. The second kappa shape index (κ2) is 7.55. The first kappa shape index (κ1) is 20.9. The maximum absolute atomic E-state index is 13.6. The average molecular weight is 436 g/mol. The summed E-state index contributed by atoms with van der Waals surface area (Å²) in [6.07, 6.45) is 2.55. The van der Waals surface area contributed by atoms with E-state index >= 15 is 0 Å². The molecule has 0 aromatic heterocycles. The second-order valence-corrected chi connectivity index (χ2v) is 10.3. The van der Waals surface area contributed by atoms with E-state index in [1.165, 1.54) is 16.4 Å². The molecule has 2 fully saturated rings. The van der Waals surface area contributed by atoms with Gasteiger partial charge >= 0.3 is 10.2 Å². The van der Waals surface area contributed by atoms with Crippen LogP contribution < -0.4 is 10.0 Å². The quantitative estimate of drug-likeness (QED) is 0.530. The lowest BCUT2D eigenvalue weighted by molar-refractivity contribution is -0.135. The summed E-state index contributed by atoms with van der Waals surface area (Å²) >= 11 is 0. The van der Waals surface area contributed by atoms with Gasteiger partial charge in [0.15, 0.2) is 0 Å². The van der Waals surface area contributed by atoms with Gasteiger partial charge in [-0.1, -0.05) is 21.1 Å². The van der Waals surface area contributed by atoms with E-state index in [9.17, 15) is 31.2 Å². The maximum Gasteiger partial charge on any atom is 0.332 e. The standard InChI is InChI=1S/C15H21FN4O6S2/c1-27(23,24)19-7-3-5-11(9-19)17-8-10-4-2-6-12(21)13(10)14-15(22)20(16)28(25,26)18-14/h2,4,6,11,14,17-18,21H,3,5,7-9H2,1H3/t11-,14?/m1/s1. The summed E-state index contributed by atoms with van der Waals surface area (Å²) in [7, 11) is -7.91. The fourth-order valence-corrected chi connectivity index (χ4v) is 5.26. The number of nitrogens with zero attached hydrogens (tertiary/aromatic N) is 2. The number of phenolic OH excluding ortho intramolecular Hbond substituents is 1. The molecule has 1 amide bonds. The number of halogens is 1. The summed E-state index contributed by atoms with van der Waals surface area (Å²) < 4.78 is 62.6. The number of phenols is 1. The van der Waals surface area contributed by atoms with Gasteiger partial charge in [0.2, 0.25) is 10.0 Å². The van der Waals surface area contributed by atoms with Crippen LogP contribution >= 0.6 is 0 Å². The average Bonchev–Trinajstić information content (AvgIpc) is 2.82. The van der Waals surface area contributed by atoms with Gasteiger partial charge in [-0.3, -0.25) is 4.79 Å². The van der Waals surface area contributed by atoms with Crippen molar-refractivity contribution in [3.8, 4) is 5.75 Å². The molecule has 28 heavy (non-hydrogen) atoms. The van der Waals surface area contributed by atoms with E-state index in [0.717, 1.165) is 12.7 Å². The Balaban J connectivity index is 1.79. The number of carbonyl (C=O) groups excluding carboxylic acids is 1. The van der Waals surface area contributed by atoms with Gasteiger partial charge in [0.1, 0.15) is 11.8 Å². The third kappa shape index (κ3) is 4.12. The Labute approximate surface area is 162 Å². The van der Waals surface area contributed by atoms with Crippen LogP contribution in [0.4, 0.5) is 4.48 Å². The number of hydrogen-bond donors (Lipinski definition) is 3. The Morgan fingerprint density at radius 1 is 1.39 bits per heavy atom. The molecule has 1 aromatic rings. The Bertz CT molecular complexity index is 984. The molecule has 0 radical (unpaired) electrons. The van der Waals surface area contributed by atoms with E-state index in [0.29, 0.717) is 18.5 Å². The van der Waals surface area contributed by atoms with E-state index in [1.54, 1.807) is 6.07 Å². The highest BCUT2D eigenvalue weighted by Crippen LogP contribution is 2.34. The molecule has 1 unspecified atom stereocenters. The van der Waals surface area contributed by atoms with E-state index in [1.807, 2.05) is 4.72 Å². The molecule has 2 saturated heterocycles. The highest BCUT2D eigenvalue weighted by Gasteiger charge is 2.46. The molecule has 3 rings (SSSR count). The Kier molecular flexibility index (Phi) is 5.64. The first-order chi connectivity index (χ1) is 13.0. The largest absolute Gasteiger partial charge is 0.508 e. The van der Waals surface area contributed by atoms with Crippen molar-refractivity contribution in [2.75, 3.05) is 19.3 Å². The van der Waals surface area contributed by atoms with E-state index in [4.69, 9.17) is 0 Å². The molecule has 156 valence electrons. The molecule has 2 aliphatic rings. The van der Waals surface area contributed by atoms with Crippen LogP contribution in [-0.4, -0.2) is 62.1 Å². The SMILES string of the molecule is CS(=O)(=O)N1CCC[C@@H](NCc2cccc(O)c2C2NS(=O)(=O)N(F)C2=O)C1. The van der Waals surface area contributed by atoms with Crippen LogP contribution in [0.25, 0.3) is 0 Å². The lowest BCUT2D eigenvalue weighted by atomic mass is 9.98. The van der Waals surface area contributed by atoms with Crippen LogP contribution in [0.1, 0.15) is 30.0 Å². The molecule has 13 heteroatoms. The molecule has 2 aliphatic heterocycles. The second-order valence-electron chi connectivity index (χ2n) is 6.80. The number of benzene rings is 1. The molecule has 0 spiro atoms. The van der Waals surface area contributed by atoms with Gasteiger partial charge in [-0.2, -0.15) is 13.1 Å². The Morgan fingerprint density at radius 2 is 2.11 bits per heavy atom. The fraction of sp³-hybridized carbons (Fsp3) is 0.533. The van der Waals surface area contributed by atoms with E-state index < -0.39 is 36.7 Å². The maximum atomic E-state index is 13.6. The zero-order chi connectivity index (χ0) is 20.7. The van der Waals surface area contributed by atoms with Crippen molar-refractivity contribution >= 4 is 26.1 Å². The van der Waals surface area contributed by atoms with Crippen molar-refractivity contribution in [1.82, 2.24) is 18.9 Å². The summed E-state index contributed by atoms with van der Waals surface area (Å²) in [6.45, 7) is 0.850. The first-order valence-electron chi connectivity index (χ1n) is 8.52. The van der Waals surface area contributed by atoms with Crippen molar-refractivity contribution in [2.24, 2.45) is 0 Å². The minimum absolute atomic E-state index is 0.0421. The van der Waals surface area contributed by atoms with Crippen molar-refractivity contribution in [3.05, 3.63) is 29.3 Å². The molecule has 1 aromatic carbocycles. The molecule has 0 saturated carbocycles. The van der Waals surface area contributed by atoms with Crippen LogP contribution in [0.5, 0.6) is 5.75 Å². The number of amides is 1. The third-order valence-electron chi connectivity index (χ3n) is 4.79. The number of sulfonamides is 1. The number of carbonyl (C=O) groups is 1. The normalized spacial score (nSPS) is 25.9.